The molecule has 0 aromatic heterocycles. The SMILES string of the molecule is CC(C)(C)c1cc(CN=C=S)cc(C(C)(C)C)c1. The van der Waals surface area contributed by atoms with Crippen molar-refractivity contribution in [2.24, 2.45) is 4.99 Å². The van der Waals surface area contributed by atoms with Crippen LogP contribution in [0, 0.1) is 0 Å². The van der Waals surface area contributed by atoms with Gasteiger partial charge in [0.05, 0.1) is 11.7 Å². The van der Waals surface area contributed by atoms with Gasteiger partial charge in [-0.25, -0.2) is 4.99 Å². The molecule has 0 unspecified atom stereocenters. The van der Waals surface area contributed by atoms with E-state index in [2.05, 4.69) is 82.1 Å². The molecule has 1 rings (SSSR count). The Morgan fingerprint density at radius 2 is 1.39 bits per heavy atom. The van der Waals surface area contributed by atoms with Crippen molar-refractivity contribution in [2.75, 3.05) is 0 Å². The molecule has 0 heterocycles. The minimum Gasteiger partial charge on any atom is -0.228 e. The van der Waals surface area contributed by atoms with Gasteiger partial charge in [0.1, 0.15) is 0 Å². The van der Waals surface area contributed by atoms with E-state index in [1.54, 1.807) is 0 Å². The fourth-order valence-electron chi connectivity index (χ4n) is 1.77. The van der Waals surface area contributed by atoms with E-state index in [4.69, 9.17) is 0 Å². The lowest BCUT2D eigenvalue weighted by Crippen LogP contribution is -2.17. The molecule has 1 aromatic rings. The fourth-order valence-corrected chi connectivity index (χ4v) is 1.84. The number of hydrogen-bond donors (Lipinski definition) is 0. The van der Waals surface area contributed by atoms with Crippen molar-refractivity contribution in [3.8, 4) is 0 Å². The molecule has 2 heteroatoms. The molecule has 18 heavy (non-hydrogen) atoms. The standard InChI is InChI=1S/C16H23NS/c1-15(2,3)13-7-12(10-17-11-18)8-14(9-13)16(4,5)6/h7-9H,10H2,1-6H3. The highest BCUT2D eigenvalue weighted by atomic mass is 32.1. The van der Waals surface area contributed by atoms with Crippen molar-refractivity contribution in [2.45, 2.75) is 58.9 Å². The molecule has 0 aliphatic heterocycles. The van der Waals surface area contributed by atoms with Crippen LogP contribution in [0.3, 0.4) is 0 Å². The molecule has 0 amide bonds. The second-order valence-corrected chi connectivity index (χ2v) is 7.01. The Bertz CT molecular complexity index is 437. The van der Waals surface area contributed by atoms with Gasteiger partial charge in [-0.05, 0) is 39.7 Å². The van der Waals surface area contributed by atoms with Crippen LogP contribution in [-0.4, -0.2) is 5.16 Å². The summed E-state index contributed by atoms with van der Waals surface area (Å²) in [6.07, 6.45) is 0. The summed E-state index contributed by atoms with van der Waals surface area (Å²) in [5.74, 6) is 0. The van der Waals surface area contributed by atoms with E-state index < -0.39 is 0 Å². The van der Waals surface area contributed by atoms with Gasteiger partial charge < -0.3 is 0 Å². The summed E-state index contributed by atoms with van der Waals surface area (Å²) in [4.78, 5) is 4.05. The summed E-state index contributed by atoms with van der Waals surface area (Å²) in [5, 5.41) is 2.44. The van der Waals surface area contributed by atoms with E-state index in [1.165, 1.54) is 16.7 Å². The summed E-state index contributed by atoms with van der Waals surface area (Å²) >= 11 is 4.65. The third kappa shape index (κ3) is 4.04. The van der Waals surface area contributed by atoms with Crippen LogP contribution in [0.2, 0.25) is 0 Å². The molecule has 1 nitrogen and oxygen atoms in total. The molecule has 0 aliphatic rings. The molecule has 0 N–H and O–H groups in total. The summed E-state index contributed by atoms with van der Waals surface area (Å²) in [6, 6.07) is 6.77. The molecule has 98 valence electrons. The van der Waals surface area contributed by atoms with Gasteiger partial charge in [0.2, 0.25) is 0 Å². The first-order valence-corrected chi connectivity index (χ1v) is 6.74. The zero-order chi connectivity index (χ0) is 14.0. The van der Waals surface area contributed by atoms with Crippen LogP contribution in [0.25, 0.3) is 0 Å². The van der Waals surface area contributed by atoms with E-state index in [-0.39, 0.29) is 10.8 Å². The van der Waals surface area contributed by atoms with Crippen LogP contribution in [0.1, 0.15) is 58.2 Å². The largest absolute Gasteiger partial charge is 0.228 e. The molecule has 0 saturated carbocycles. The van der Waals surface area contributed by atoms with E-state index >= 15 is 0 Å². The van der Waals surface area contributed by atoms with Crippen molar-refractivity contribution in [1.29, 1.82) is 0 Å². The Morgan fingerprint density at radius 1 is 0.944 bits per heavy atom. The maximum absolute atomic E-state index is 4.65. The van der Waals surface area contributed by atoms with Crippen molar-refractivity contribution in [3.05, 3.63) is 34.9 Å². The summed E-state index contributed by atoms with van der Waals surface area (Å²) in [6.45, 7) is 14.0. The maximum atomic E-state index is 4.65. The molecule has 0 radical (unpaired) electrons. The molecule has 0 bridgehead atoms. The minimum atomic E-state index is 0.150. The number of thiocarbonyl (C=S) groups is 1. The topological polar surface area (TPSA) is 12.4 Å². The monoisotopic (exact) mass is 261 g/mol. The highest BCUT2D eigenvalue weighted by Gasteiger charge is 2.20. The first-order chi connectivity index (χ1) is 8.14. The zero-order valence-electron chi connectivity index (χ0n) is 12.3. The average molecular weight is 261 g/mol. The molecular weight excluding hydrogens is 238 g/mol. The average Bonchev–Trinajstić information content (AvgIpc) is 2.23. The second kappa shape index (κ2) is 5.34. The molecule has 0 saturated heterocycles. The summed E-state index contributed by atoms with van der Waals surface area (Å²) < 4.78 is 0. The fraction of sp³-hybridized carbons (Fsp3) is 0.562. The second-order valence-electron chi connectivity index (χ2n) is 6.83. The van der Waals surface area contributed by atoms with Crippen LogP contribution in [0.5, 0.6) is 0 Å². The van der Waals surface area contributed by atoms with Crippen LogP contribution in [0.15, 0.2) is 23.2 Å². The van der Waals surface area contributed by atoms with Crippen LogP contribution >= 0.6 is 12.2 Å². The van der Waals surface area contributed by atoms with Gasteiger partial charge in [-0.3, -0.25) is 0 Å². The first-order valence-electron chi connectivity index (χ1n) is 6.33. The lowest BCUT2D eigenvalue weighted by Gasteiger charge is -2.26. The highest BCUT2D eigenvalue weighted by Crippen LogP contribution is 2.30. The third-order valence-corrected chi connectivity index (χ3v) is 3.18. The van der Waals surface area contributed by atoms with Gasteiger partial charge in [-0.15, -0.1) is 0 Å². The quantitative estimate of drug-likeness (QED) is 0.545. The normalized spacial score (nSPS) is 12.1. The predicted octanol–water partition coefficient (Wildman–Crippen LogP) is 4.88. The van der Waals surface area contributed by atoms with Crippen molar-refractivity contribution in [3.63, 3.8) is 0 Å². The number of nitrogens with zero attached hydrogens (tertiary/aromatic N) is 1. The van der Waals surface area contributed by atoms with E-state index in [0.29, 0.717) is 6.54 Å². The van der Waals surface area contributed by atoms with Gasteiger partial charge in [0.15, 0.2) is 0 Å². The molecular formula is C16H23NS. The first kappa shape index (κ1) is 15.1. The Hall–Kier alpha value is -0.980. The lowest BCUT2D eigenvalue weighted by atomic mass is 9.79. The third-order valence-electron chi connectivity index (χ3n) is 3.05. The van der Waals surface area contributed by atoms with E-state index in [9.17, 15) is 0 Å². The number of aliphatic imine (C=N–C) groups is 1. The lowest BCUT2D eigenvalue weighted by molar-refractivity contribution is 0.567. The Kier molecular flexibility index (Phi) is 4.47. The Balaban J connectivity index is 3.33. The smallest absolute Gasteiger partial charge is 0.0743 e. The van der Waals surface area contributed by atoms with Gasteiger partial charge in [0.25, 0.3) is 0 Å². The number of rotatable bonds is 2. The summed E-state index contributed by atoms with van der Waals surface area (Å²) in [5.41, 5.74) is 4.22. The number of isothiocyanates is 1. The van der Waals surface area contributed by atoms with Crippen LogP contribution in [0.4, 0.5) is 0 Å². The molecule has 0 spiro atoms. The van der Waals surface area contributed by atoms with Crippen molar-refractivity contribution < 1.29 is 0 Å². The molecule has 0 atom stereocenters. The van der Waals surface area contributed by atoms with Gasteiger partial charge in [-0.2, -0.15) is 0 Å². The Labute approximate surface area is 116 Å². The number of benzene rings is 1. The summed E-state index contributed by atoms with van der Waals surface area (Å²) in [7, 11) is 0. The molecule has 1 aromatic carbocycles. The van der Waals surface area contributed by atoms with E-state index in [0.717, 1.165) is 0 Å². The van der Waals surface area contributed by atoms with Crippen molar-refractivity contribution in [1.82, 2.24) is 0 Å². The van der Waals surface area contributed by atoms with E-state index in [1.807, 2.05) is 0 Å². The van der Waals surface area contributed by atoms with Gasteiger partial charge >= 0.3 is 0 Å². The Morgan fingerprint density at radius 3 is 1.72 bits per heavy atom. The molecule has 0 fully saturated rings. The molecule has 0 aliphatic carbocycles. The maximum Gasteiger partial charge on any atom is 0.0743 e. The van der Waals surface area contributed by atoms with Crippen LogP contribution < -0.4 is 0 Å². The van der Waals surface area contributed by atoms with Gasteiger partial charge in [-0.1, -0.05) is 59.7 Å². The van der Waals surface area contributed by atoms with Crippen molar-refractivity contribution >= 4 is 17.4 Å². The number of hydrogen-bond acceptors (Lipinski definition) is 2. The zero-order valence-corrected chi connectivity index (χ0v) is 13.1. The highest BCUT2D eigenvalue weighted by molar-refractivity contribution is 7.78. The van der Waals surface area contributed by atoms with Crippen LogP contribution in [-0.2, 0) is 17.4 Å². The van der Waals surface area contributed by atoms with Gasteiger partial charge in [0, 0.05) is 0 Å². The minimum absolute atomic E-state index is 0.150. The predicted molar refractivity (Wildman–Crippen MR) is 82.6 cm³/mol.